The SMILES string of the molecule is CC(=O)/C(C)=C(/C)O.CC(=O)/C(C)=C(/C)O.[Pt].[Pt].[c-]1ccc2c(oc3c(-c4cc5oc6ccccc6c5cn4)[c-]ccc32)c1-c1cc2oc3ccccc3c2cn1. The van der Waals surface area contributed by atoms with Crippen LogP contribution in [0.15, 0.2) is 133 Å². The third kappa shape index (κ3) is 8.41. The molecule has 0 bridgehead atoms. The molecule has 0 unspecified atom stereocenters. The Morgan fingerprint density at radius 2 is 0.895 bits per heavy atom. The molecule has 0 saturated heterocycles. The number of hydrogen-bond donors (Lipinski definition) is 2. The van der Waals surface area contributed by atoms with Gasteiger partial charge in [0, 0.05) is 98.4 Å². The monoisotopic (exact) mass is 1120 g/mol. The Kier molecular flexibility index (Phi) is 13.2. The van der Waals surface area contributed by atoms with Crippen LogP contribution in [0.25, 0.3) is 88.3 Å². The summed E-state index contributed by atoms with van der Waals surface area (Å²) in [6.07, 6.45) is 3.72. The van der Waals surface area contributed by atoms with Crippen molar-refractivity contribution in [1.29, 1.82) is 0 Å². The molecule has 0 saturated carbocycles. The first-order valence-electron chi connectivity index (χ1n) is 17.5. The number of allylic oxidation sites excluding steroid dienone is 4. The second-order valence-electron chi connectivity index (χ2n) is 13.2. The molecule has 9 rings (SSSR count). The zero-order valence-electron chi connectivity index (χ0n) is 31.7. The van der Waals surface area contributed by atoms with Crippen LogP contribution in [0.5, 0.6) is 0 Å². The summed E-state index contributed by atoms with van der Waals surface area (Å²) in [5, 5.41) is 23.3. The second kappa shape index (κ2) is 17.7. The number of benzene rings is 4. The van der Waals surface area contributed by atoms with Crippen LogP contribution in [0.4, 0.5) is 0 Å². The van der Waals surface area contributed by atoms with Gasteiger partial charge in [0.15, 0.2) is 11.6 Å². The molecule has 57 heavy (non-hydrogen) atoms. The zero-order chi connectivity index (χ0) is 39.0. The van der Waals surface area contributed by atoms with E-state index >= 15 is 0 Å². The number of aromatic nitrogens is 2. The topological polar surface area (TPSA) is 140 Å². The number of aliphatic hydroxyl groups is 2. The third-order valence-corrected chi connectivity index (χ3v) is 9.57. The van der Waals surface area contributed by atoms with Gasteiger partial charge in [0.05, 0.1) is 11.5 Å². The number of fused-ring (bicyclic) bond motifs is 9. The molecule has 0 atom stereocenters. The summed E-state index contributed by atoms with van der Waals surface area (Å²) in [5.74, 6) is 0.0602. The van der Waals surface area contributed by atoms with Crippen LogP contribution >= 0.6 is 0 Å². The smallest absolute Gasteiger partial charge is 0.158 e. The van der Waals surface area contributed by atoms with E-state index in [1.54, 1.807) is 13.8 Å². The number of hydrogen-bond acceptors (Lipinski definition) is 9. The van der Waals surface area contributed by atoms with Gasteiger partial charge in [-0.05, 0) is 77.2 Å². The fourth-order valence-corrected chi connectivity index (χ4v) is 6.11. The molecule has 9 aromatic rings. The fraction of sp³-hybridized carbons (Fsp3) is 0.130. The molecule has 5 aromatic heterocycles. The molecule has 0 aliphatic rings. The van der Waals surface area contributed by atoms with Gasteiger partial charge in [0.25, 0.3) is 0 Å². The van der Waals surface area contributed by atoms with Gasteiger partial charge in [0.1, 0.15) is 22.3 Å². The molecule has 0 amide bonds. The average molecular weight is 1120 g/mol. The number of para-hydroxylation sites is 2. The minimum absolute atomic E-state index is 0. The number of carbonyl (C=O) groups is 2. The summed E-state index contributed by atoms with van der Waals surface area (Å²) in [5.41, 5.74) is 8.54. The normalized spacial score (nSPS) is 11.9. The van der Waals surface area contributed by atoms with Crippen LogP contribution in [-0.2, 0) is 51.7 Å². The number of carbonyl (C=O) groups excluding carboxylic acids is 2. The Morgan fingerprint density at radius 3 is 1.25 bits per heavy atom. The molecule has 2 N–H and O–H groups in total. The van der Waals surface area contributed by atoms with Crippen molar-refractivity contribution in [3.8, 4) is 22.5 Å². The standard InChI is InChI=1S/C34H16N2O3.2C6H10O2.2Pt/c1-3-13-29-19(7-1)25-17-35-27(15-31(25)37-29)23-11-5-9-21-22-10-6-12-24(34(22)39-33(21)23)28-16-32-26(18-36-28)20-8-2-4-14-30(20)38-32;2*1-4(5(2)7)6(3)8;;/h1-10,13-18H;2*7H,1-3H3;;/q-2;;;;/b;2*5-4-;;. The third-order valence-electron chi connectivity index (χ3n) is 9.57. The van der Waals surface area contributed by atoms with E-state index in [-0.39, 0.29) is 65.2 Å². The van der Waals surface area contributed by atoms with Gasteiger partial charge >= 0.3 is 0 Å². The molecular weight excluding hydrogens is 1080 g/mol. The number of furan rings is 3. The molecule has 294 valence electrons. The van der Waals surface area contributed by atoms with Crippen molar-refractivity contribution >= 4 is 77.4 Å². The van der Waals surface area contributed by atoms with Gasteiger partial charge in [-0.1, -0.05) is 58.3 Å². The van der Waals surface area contributed by atoms with Crippen LogP contribution in [0.3, 0.4) is 0 Å². The van der Waals surface area contributed by atoms with Gasteiger partial charge in [0.2, 0.25) is 0 Å². The van der Waals surface area contributed by atoms with E-state index < -0.39 is 0 Å². The molecule has 11 heteroatoms. The van der Waals surface area contributed by atoms with Gasteiger partial charge in [-0.3, -0.25) is 9.59 Å². The van der Waals surface area contributed by atoms with Gasteiger partial charge < -0.3 is 33.4 Å². The number of Topliss-reactive ketones (excluding diaryl/α,β-unsaturated/α-hetero) is 2. The fourth-order valence-electron chi connectivity index (χ4n) is 6.11. The van der Waals surface area contributed by atoms with E-state index in [1.165, 1.54) is 27.7 Å². The van der Waals surface area contributed by atoms with E-state index in [4.69, 9.17) is 33.4 Å². The van der Waals surface area contributed by atoms with Crippen LogP contribution in [0.1, 0.15) is 41.5 Å². The first-order chi connectivity index (χ1) is 26.4. The van der Waals surface area contributed by atoms with E-state index in [0.29, 0.717) is 22.3 Å². The summed E-state index contributed by atoms with van der Waals surface area (Å²) in [7, 11) is 0. The summed E-state index contributed by atoms with van der Waals surface area (Å²) >= 11 is 0. The number of ketones is 2. The number of rotatable bonds is 4. The molecule has 0 spiro atoms. The molecule has 0 aliphatic heterocycles. The minimum atomic E-state index is -0.0787. The van der Waals surface area contributed by atoms with Crippen LogP contribution in [0, 0.1) is 12.1 Å². The molecule has 0 fully saturated rings. The molecular formula is C46H36N2O7Pt2-2. The molecule has 0 radical (unpaired) electrons. The largest absolute Gasteiger partial charge is 0.545 e. The Bertz CT molecular complexity index is 2810. The predicted octanol–water partition coefficient (Wildman–Crippen LogP) is 12.0. The second-order valence-corrected chi connectivity index (χ2v) is 13.2. The number of nitrogens with zero attached hydrogens (tertiary/aromatic N) is 2. The predicted molar refractivity (Wildman–Crippen MR) is 216 cm³/mol. The van der Waals surface area contributed by atoms with Gasteiger partial charge in [-0.15, -0.1) is 36.4 Å². The Morgan fingerprint density at radius 1 is 0.509 bits per heavy atom. The van der Waals surface area contributed by atoms with Crippen molar-refractivity contribution in [2.45, 2.75) is 41.5 Å². The van der Waals surface area contributed by atoms with Crippen LogP contribution in [0.2, 0.25) is 0 Å². The van der Waals surface area contributed by atoms with Crippen molar-refractivity contribution in [3.63, 3.8) is 0 Å². The summed E-state index contributed by atoms with van der Waals surface area (Å²) in [6.45, 7) is 9.03. The molecule has 4 aromatic carbocycles. The Labute approximate surface area is 356 Å². The van der Waals surface area contributed by atoms with Crippen LogP contribution in [-0.4, -0.2) is 31.7 Å². The molecule has 0 aliphatic carbocycles. The van der Waals surface area contributed by atoms with Crippen molar-refractivity contribution in [2.24, 2.45) is 0 Å². The summed E-state index contributed by atoms with van der Waals surface area (Å²) < 4.78 is 18.8. The van der Waals surface area contributed by atoms with Crippen molar-refractivity contribution in [3.05, 3.63) is 132 Å². The number of pyridine rings is 2. The Balaban J connectivity index is 0.000000295. The van der Waals surface area contributed by atoms with Crippen molar-refractivity contribution in [1.82, 2.24) is 9.97 Å². The maximum Gasteiger partial charge on any atom is 0.158 e. The molecule has 9 nitrogen and oxygen atoms in total. The molecule has 5 heterocycles. The van der Waals surface area contributed by atoms with E-state index in [1.807, 2.05) is 97.3 Å². The van der Waals surface area contributed by atoms with Crippen molar-refractivity contribution < 1.29 is 75.2 Å². The summed E-state index contributed by atoms with van der Waals surface area (Å²) in [6, 6.07) is 34.4. The first kappa shape index (κ1) is 42.5. The minimum Gasteiger partial charge on any atom is -0.545 e. The van der Waals surface area contributed by atoms with Crippen LogP contribution < -0.4 is 0 Å². The van der Waals surface area contributed by atoms with Crippen molar-refractivity contribution in [2.75, 3.05) is 0 Å². The van der Waals surface area contributed by atoms with E-state index in [0.717, 1.165) is 77.2 Å². The first-order valence-corrected chi connectivity index (χ1v) is 17.5. The van der Waals surface area contributed by atoms with E-state index in [2.05, 4.69) is 12.1 Å². The number of aliphatic hydroxyl groups excluding tert-OH is 2. The summed E-state index contributed by atoms with van der Waals surface area (Å²) in [4.78, 5) is 30.3. The van der Waals surface area contributed by atoms with E-state index in [9.17, 15) is 9.59 Å². The maximum atomic E-state index is 10.4. The zero-order valence-corrected chi connectivity index (χ0v) is 36.2. The maximum absolute atomic E-state index is 10.4. The average Bonchev–Trinajstić information content (AvgIpc) is 3.88. The van der Waals surface area contributed by atoms with Gasteiger partial charge in [-0.2, -0.15) is 0 Å². The van der Waals surface area contributed by atoms with Gasteiger partial charge in [-0.25, -0.2) is 0 Å². The quantitative estimate of drug-likeness (QED) is 0.100. The Hall–Kier alpha value is -5.62.